The molecule has 1 atom stereocenters. The van der Waals surface area contributed by atoms with Crippen LogP contribution in [0, 0.1) is 0 Å². The first-order valence-corrected chi connectivity index (χ1v) is 8.03. The van der Waals surface area contributed by atoms with Gasteiger partial charge in [-0.3, -0.25) is 4.79 Å². The van der Waals surface area contributed by atoms with E-state index < -0.39 is 5.91 Å². The van der Waals surface area contributed by atoms with Gasteiger partial charge in [0.25, 0.3) is 5.91 Å². The number of carbonyl (C=O) groups excluding carboxylic acids is 2. The number of urea groups is 1. The minimum atomic E-state index is -0.661. The van der Waals surface area contributed by atoms with Crippen molar-refractivity contribution in [3.05, 3.63) is 53.7 Å². The van der Waals surface area contributed by atoms with Crippen LogP contribution in [0.4, 0.5) is 10.5 Å². The van der Waals surface area contributed by atoms with Crippen LogP contribution >= 0.6 is 0 Å². The van der Waals surface area contributed by atoms with Crippen molar-refractivity contribution >= 4 is 17.6 Å². The Kier molecular flexibility index (Phi) is 4.83. The molecule has 130 valence electrons. The third-order valence-electron chi connectivity index (χ3n) is 4.31. The van der Waals surface area contributed by atoms with Gasteiger partial charge in [0.2, 0.25) is 5.88 Å². The molecule has 2 aromatic rings. The molecule has 1 aromatic carbocycles. The Balaban J connectivity index is 1.67. The highest BCUT2D eigenvalue weighted by atomic mass is 16.5. The fraction of sp³-hybridized carbons (Fsp3) is 0.278. The van der Waals surface area contributed by atoms with Crippen LogP contribution in [0.3, 0.4) is 0 Å². The number of pyridine rings is 1. The fourth-order valence-corrected chi connectivity index (χ4v) is 3.00. The normalized spacial score (nSPS) is 16.5. The van der Waals surface area contributed by atoms with E-state index in [-0.39, 0.29) is 17.5 Å². The van der Waals surface area contributed by atoms with Gasteiger partial charge >= 0.3 is 6.03 Å². The molecule has 0 aliphatic carbocycles. The van der Waals surface area contributed by atoms with Gasteiger partial charge in [-0.2, -0.15) is 0 Å². The van der Waals surface area contributed by atoms with Crippen molar-refractivity contribution in [1.82, 2.24) is 9.88 Å². The zero-order valence-corrected chi connectivity index (χ0v) is 13.9. The Morgan fingerprint density at radius 3 is 2.76 bits per heavy atom. The number of benzene rings is 1. The maximum absolute atomic E-state index is 12.5. The van der Waals surface area contributed by atoms with Crippen LogP contribution in [0.25, 0.3) is 0 Å². The van der Waals surface area contributed by atoms with Crippen molar-refractivity contribution in [3.63, 3.8) is 0 Å². The van der Waals surface area contributed by atoms with E-state index in [2.05, 4.69) is 22.4 Å². The topological polar surface area (TPSA) is 97.6 Å². The highest BCUT2D eigenvalue weighted by molar-refractivity contribution is 5.97. The summed E-state index contributed by atoms with van der Waals surface area (Å²) in [6.07, 6.45) is 2.36. The van der Waals surface area contributed by atoms with Crippen LogP contribution in [0.15, 0.2) is 42.6 Å². The Morgan fingerprint density at radius 1 is 1.32 bits per heavy atom. The molecule has 25 heavy (non-hydrogen) atoms. The summed E-state index contributed by atoms with van der Waals surface area (Å²) in [4.78, 5) is 29.7. The van der Waals surface area contributed by atoms with Crippen LogP contribution < -0.4 is 15.8 Å². The predicted molar refractivity (Wildman–Crippen MR) is 93.7 cm³/mol. The second-order valence-electron chi connectivity index (χ2n) is 5.92. The van der Waals surface area contributed by atoms with Gasteiger partial charge in [0.05, 0.1) is 19.0 Å². The van der Waals surface area contributed by atoms with E-state index >= 15 is 0 Å². The first kappa shape index (κ1) is 16.8. The van der Waals surface area contributed by atoms with E-state index in [9.17, 15) is 9.59 Å². The first-order chi connectivity index (χ1) is 12.1. The molecule has 0 radical (unpaired) electrons. The van der Waals surface area contributed by atoms with Crippen molar-refractivity contribution in [2.24, 2.45) is 5.73 Å². The van der Waals surface area contributed by atoms with Crippen LogP contribution in [-0.4, -0.2) is 42.0 Å². The summed E-state index contributed by atoms with van der Waals surface area (Å²) in [5.41, 5.74) is 7.08. The number of likely N-dealkylation sites (tertiary alicyclic amines) is 1. The van der Waals surface area contributed by atoms with E-state index in [1.54, 1.807) is 4.90 Å². The third-order valence-corrected chi connectivity index (χ3v) is 4.31. The lowest BCUT2D eigenvalue weighted by molar-refractivity contribution is 0.0996. The molecule has 0 spiro atoms. The molecule has 7 nitrogen and oxygen atoms in total. The number of aromatic nitrogens is 1. The SMILES string of the molecule is COc1ncc(NC(=O)N2CC[C@@H](c3ccccc3)C2)cc1C(N)=O. The van der Waals surface area contributed by atoms with Crippen LogP contribution in [0.1, 0.15) is 28.3 Å². The number of hydrogen-bond donors (Lipinski definition) is 2. The van der Waals surface area contributed by atoms with E-state index in [0.29, 0.717) is 24.7 Å². The van der Waals surface area contributed by atoms with Crippen molar-refractivity contribution in [3.8, 4) is 5.88 Å². The minimum absolute atomic E-state index is 0.129. The molecule has 1 aliphatic rings. The molecule has 2 heterocycles. The lowest BCUT2D eigenvalue weighted by Gasteiger charge is -2.18. The molecule has 0 bridgehead atoms. The van der Waals surface area contributed by atoms with Crippen molar-refractivity contribution in [1.29, 1.82) is 0 Å². The molecule has 1 saturated heterocycles. The van der Waals surface area contributed by atoms with Gasteiger partial charge in [0, 0.05) is 19.0 Å². The molecule has 3 amide bonds. The number of methoxy groups -OCH3 is 1. The highest BCUT2D eigenvalue weighted by Gasteiger charge is 2.27. The number of nitrogens with one attached hydrogen (secondary N) is 1. The number of carbonyl (C=O) groups is 2. The first-order valence-electron chi connectivity index (χ1n) is 8.03. The summed E-state index contributed by atoms with van der Waals surface area (Å²) >= 11 is 0. The average molecular weight is 340 g/mol. The molecule has 7 heteroatoms. The summed E-state index contributed by atoms with van der Waals surface area (Å²) in [5, 5.41) is 2.76. The third kappa shape index (κ3) is 3.71. The number of rotatable bonds is 4. The molecule has 3 rings (SSSR count). The molecule has 1 aliphatic heterocycles. The van der Waals surface area contributed by atoms with Crippen molar-refractivity contribution in [2.75, 3.05) is 25.5 Å². The smallest absolute Gasteiger partial charge is 0.321 e. The van der Waals surface area contributed by atoms with Gasteiger partial charge in [0.15, 0.2) is 0 Å². The second-order valence-corrected chi connectivity index (χ2v) is 5.92. The van der Waals surface area contributed by atoms with Crippen LogP contribution in [0.2, 0.25) is 0 Å². The number of anilines is 1. The Labute approximate surface area is 145 Å². The van der Waals surface area contributed by atoms with E-state index in [4.69, 9.17) is 10.5 Å². The zero-order valence-electron chi connectivity index (χ0n) is 13.9. The number of primary amides is 1. The summed E-state index contributed by atoms with van der Waals surface area (Å²) < 4.78 is 4.99. The zero-order chi connectivity index (χ0) is 17.8. The average Bonchev–Trinajstić information content (AvgIpc) is 3.12. The summed E-state index contributed by atoms with van der Waals surface area (Å²) in [6.45, 7) is 1.33. The van der Waals surface area contributed by atoms with Crippen LogP contribution in [0.5, 0.6) is 5.88 Å². The predicted octanol–water partition coefficient (Wildman–Crippen LogP) is 2.21. The number of hydrogen-bond acceptors (Lipinski definition) is 4. The quantitative estimate of drug-likeness (QED) is 0.891. The Morgan fingerprint density at radius 2 is 2.08 bits per heavy atom. The summed E-state index contributed by atoms with van der Waals surface area (Å²) in [6, 6.07) is 11.4. The lowest BCUT2D eigenvalue weighted by atomic mass is 9.99. The van der Waals surface area contributed by atoms with Gasteiger partial charge in [-0.05, 0) is 18.1 Å². The van der Waals surface area contributed by atoms with Crippen molar-refractivity contribution < 1.29 is 14.3 Å². The number of nitrogens with zero attached hydrogens (tertiary/aromatic N) is 2. The highest BCUT2D eigenvalue weighted by Crippen LogP contribution is 2.27. The number of amides is 3. The van der Waals surface area contributed by atoms with Gasteiger partial charge in [0.1, 0.15) is 5.56 Å². The van der Waals surface area contributed by atoms with Crippen LogP contribution in [-0.2, 0) is 0 Å². The molecule has 0 saturated carbocycles. The Bertz CT molecular complexity index is 779. The standard InChI is InChI=1S/C18H20N4O3/c1-25-17-15(16(19)23)9-14(10-20-17)21-18(24)22-8-7-13(11-22)12-5-3-2-4-6-12/h2-6,9-10,13H,7-8,11H2,1H3,(H2,19,23)(H,21,24)/t13-/m1/s1. The van der Waals surface area contributed by atoms with E-state index in [0.717, 1.165) is 6.42 Å². The molecular formula is C18H20N4O3. The van der Waals surface area contributed by atoms with Gasteiger partial charge in [-0.1, -0.05) is 30.3 Å². The van der Waals surface area contributed by atoms with Gasteiger partial charge in [-0.25, -0.2) is 9.78 Å². The van der Waals surface area contributed by atoms with E-state index in [1.165, 1.54) is 24.9 Å². The number of nitrogens with two attached hydrogens (primary N) is 1. The number of ether oxygens (including phenoxy) is 1. The Hall–Kier alpha value is -3.09. The second kappa shape index (κ2) is 7.21. The minimum Gasteiger partial charge on any atom is -0.480 e. The molecule has 1 aromatic heterocycles. The molecular weight excluding hydrogens is 320 g/mol. The van der Waals surface area contributed by atoms with Crippen molar-refractivity contribution in [2.45, 2.75) is 12.3 Å². The lowest BCUT2D eigenvalue weighted by Crippen LogP contribution is -2.33. The molecule has 1 fully saturated rings. The molecule has 3 N–H and O–H groups in total. The monoisotopic (exact) mass is 340 g/mol. The van der Waals surface area contributed by atoms with Gasteiger partial charge in [-0.15, -0.1) is 0 Å². The summed E-state index contributed by atoms with van der Waals surface area (Å²) in [7, 11) is 1.40. The fourth-order valence-electron chi connectivity index (χ4n) is 3.00. The maximum Gasteiger partial charge on any atom is 0.321 e. The molecule has 0 unspecified atom stereocenters. The summed E-state index contributed by atoms with van der Waals surface area (Å²) in [5.74, 6) is -0.191. The van der Waals surface area contributed by atoms with Gasteiger partial charge < -0.3 is 20.7 Å². The van der Waals surface area contributed by atoms with E-state index in [1.807, 2.05) is 18.2 Å². The maximum atomic E-state index is 12.5. The largest absolute Gasteiger partial charge is 0.480 e.